The number of hydrogen-bond donors (Lipinski definition) is 1. The van der Waals surface area contributed by atoms with Gasteiger partial charge in [-0.15, -0.1) is 0 Å². The van der Waals surface area contributed by atoms with Crippen molar-refractivity contribution in [1.82, 2.24) is 5.32 Å². The number of hydrogen-bond acceptors (Lipinski definition) is 2. The van der Waals surface area contributed by atoms with Crippen LogP contribution in [-0.2, 0) is 4.74 Å². The first kappa shape index (κ1) is 9.75. The van der Waals surface area contributed by atoms with Gasteiger partial charge in [-0.2, -0.15) is 0 Å². The van der Waals surface area contributed by atoms with E-state index in [1.54, 1.807) is 7.11 Å². The van der Waals surface area contributed by atoms with E-state index in [1.165, 1.54) is 25.7 Å². The first-order valence-electron chi connectivity index (χ1n) is 4.81. The lowest BCUT2D eigenvalue weighted by Gasteiger charge is -2.10. The van der Waals surface area contributed by atoms with Crippen molar-refractivity contribution in [3.8, 4) is 0 Å². The molecule has 2 heteroatoms. The second-order valence-corrected chi connectivity index (χ2v) is 3.29. The van der Waals surface area contributed by atoms with E-state index in [0.717, 1.165) is 13.2 Å². The SMILES string of the molecule is COCCCCNC1CC=CC1. The van der Waals surface area contributed by atoms with Gasteiger partial charge in [-0.3, -0.25) is 0 Å². The van der Waals surface area contributed by atoms with Crippen molar-refractivity contribution >= 4 is 0 Å². The molecule has 0 saturated heterocycles. The summed E-state index contributed by atoms with van der Waals surface area (Å²) in [4.78, 5) is 0. The fourth-order valence-corrected chi connectivity index (χ4v) is 1.46. The molecule has 0 saturated carbocycles. The smallest absolute Gasteiger partial charge is 0.0462 e. The number of rotatable bonds is 6. The Balaban J connectivity index is 1.82. The van der Waals surface area contributed by atoms with E-state index in [-0.39, 0.29) is 0 Å². The maximum absolute atomic E-state index is 4.97. The van der Waals surface area contributed by atoms with Crippen LogP contribution in [0, 0.1) is 0 Å². The molecular formula is C10H19NO. The zero-order chi connectivity index (χ0) is 8.65. The van der Waals surface area contributed by atoms with Crippen molar-refractivity contribution < 1.29 is 4.74 Å². The molecule has 0 aromatic rings. The molecule has 0 heterocycles. The minimum Gasteiger partial charge on any atom is -0.385 e. The second kappa shape index (κ2) is 6.21. The summed E-state index contributed by atoms with van der Waals surface area (Å²) in [7, 11) is 1.76. The van der Waals surface area contributed by atoms with Crippen LogP contribution in [0.5, 0.6) is 0 Å². The number of ether oxygens (including phenoxy) is 1. The zero-order valence-electron chi connectivity index (χ0n) is 7.88. The lowest BCUT2D eigenvalue weighted by molar-refractivity contribution is 0.192. The van der Waals surface area contributed by atoms with Crippen LogP contribution in [0.15, 0.2) is 12.2 Å². The highest BCUT2D eigenvalue weighted by atomic mass is 16.5. The molecule has 2 nitrogen and oxygen atoms in total. The van der Waals surface area contributed by atoms with E-state index < -0.39 is 0 Å². The summed E-state index contributed by atoms with van der Waals surface area (Å²) in [6, 6.07) is 0.715. The highest BCUT2D eigenvalue weighted by molar-refractivity contribution is 4.97. The molecule has 1 aliphatic rings. The van der Waals surface area contributed by atoms with Crippen molar-refractivity contribution in [2.75, 3.05) is 20.3 Å². The Bertz CT molecular complexity index is 126. The zero-order valence-corrected chi connectivity index (χ0v) is 7.88. The van der Waals surface area contributed by atoms with Crippen LogP contribution in [0.2, 0.25) is 0 Å². The summed E-state index contributed by atoms with van der Waals surface area (Å²) in [6.07, 6.45) is 9.34. The monoisotopic (exact) mass is 169 g/mol. The van der Waals surface area contributed by atoms with Gasteiger partial charge in [0.2, 0.25) is 0 Å². The van der Waals surface area contributed by atoms with E-state index in [4.69, 9.17) is 4.74 Å². The average molecular weight is 169 g/mol. The molecule has 1 aliphatic carbocycles. The fraction of sp³-hybridized carbons (Fsp3) is 0.800. The first-order chi connectivity index (χ1) is 5.93. The molecule has 0 spiro atoms. The van der Waals surface area contributed by atoms with Crippen LogP contribution in [-0.4, -0.2) is 26.3 Å². The van der Waals surface area contributed by atoms with Crippen molar-refractivity contribution in [3.05, 3.63) is 12.2 Å². The number of unbranched alkanes of at least 4 members (excludes halogenated alkanes) is 1. The van der Waals surface area contributed by atoms with E-state index >= 15 is 0 Å². The maximum atomic E-state index is 4.97. The quantitative estimate of drug-likeness (QED) is 0.483. The molecule has 0 unspecified atom stereocenters. The highest BCUT2D eigenvalue weighted by Gasteiger charge is 2.07. The Labute approximate surface area is 75.0 Å². The Morgan fingerprint density at radius 1 is 1.33 bits per heavy atom. The molecule has 1 rings (SSSR count). The van der Waals surface area contributed by atoms with Crippen LogP contribution in [0.1, 0.15) is 25.7 Å². The largest absolute Gasteiger partial charge is 0.385 e. The third-order valence-electron chi connectivity index (χ3n) is 2.22. The molecule has 70 valence electrons. The molecule has 1 N–H and O–H groups in total. The van der Waals surface area contributed by atoms with Gasteiger partial charge in [0.05, 0.1) is 0 Å². The topological polar surface area (TPSA) is 21.3 Å². The van der Waals surface area contributed by atoms with Gasteiger partial charge in [-0.05, 0) is 32.2 Å². The normalized spacial score (nSPS) is 17.4. The van der Waals surface area contributed by atoms with E-state index in [9.17, 15) is 0 Å². The molecule has 0 bridgehead atoms. The molecule has 12 heavy (non-hydrogen) atoms. The van der Waals surface area contributed by atoms with Gasteiger partial charge in [0.15, 0.2) is 0 Å². The maximum Gasteiger partial charge on any atom is 0.0462 e. The third-order valence-corrected chi connectivity index (χ3v) is 2.22. The standard InChI is InChI=1S/C10H19NO/c1-12-9-5-4-8-11-10-6-2-3-7-10/h2-3,10-11H,4-9H2,1H3. The molecule has 0 aromatic heterocycles. The minimum absolute atomic E-state index is 0.715. The summed E-state index contributed by atoms with van der Waals surface area (Å²) in [5, 5.41) is 3.52. The van der Waals surface area contributed by atoms with Gasteiger partial charge >= 0.3 is 0 Å². The third kappa shape index (κ3) is 3.88. The lowest BCUT2D eigenvalue weighted by Crippen LogP contribution is -2.27. The Morgan fingerprint density at radius 2 is 2.08 bits per heavy atom. The number of methoxy groups -OCH3 is 1. The van der Waals surface area contributed by atoms with Crippen LogP contribution in [0.3, 0.4) is 0 Å². The van der Waals surface area contributed by atoms with E-state index in [0.29, 0.717) is 6.04 Å². The molecule has 0 fully saturated rings. The summed E-state index contributed by atoms with van der Waals surface area (Å²) >= 11 is 0. The Morgan fingerprint density at radius 3 is 2.75 bits per heavy atom. The van der Waals surface area contributed by atoms with E-state index in [2.05, 4.69) is 17.5 Å². The Hall–Kier alpha value is -0.340. The average Bonchev–Trinajstić information content (AvgIpc) is 2.57. The van der Waals surface area contributed by atoms with Gasteiger partial charge in [-0.25, -0.2) is 0 Å². The van der Waals surface area contributed by atoms with Crippen molar-refractivity contribution in [1.29, 1.82) is 0 Å². The van der Waals surface area contributed by atoms with Crippen molar-refractivity contribution in [2.24, 2.45) is 0 Å². The predicted octanol–water partition coefficient (Wildman–Crippen LogP) is 1.72. The predicted molar refractivity (Wildman–Crippen MR) is 51.3 cm³/mol. The van der Waals surface area contributed by atoms with Crippen LogP contribution in [0.25, 0.3) is 0 Å². The van der Waals surface area contributed by atoms with E-state index in [1.807, 2.05) is 0 Å². The second-order valence-electron chi connectivity index (χ2n) is 3.29. The van der Waals surface area contributed by atoms with Gasteiger partial charge in [0.1, 0.15) is 0 Å². The molecule has 0 aromatic carbocycles. The summed E-state index contributed by atoms with van der Waals surface area (Å²) < 4.78 is 4.97. The van der Waals surface area contributed by atoms with Crippen LogP contribution >= 0.6 is 0 Å². The fourth-order valence-electron chi connectivity index (χ4n) is 1.46. The Kier molecular flexibility index (Phi) is 5.04. The first-order valence-corrected chi connectivity index (χ1v) is 4.81. The van der Waals surface area contributed by atoms with Crippen molar-refractivity contribution in [3.63, 3.8) is 0 Å². The highest BCUT2D eigenvalue weighted by Crippen LogP contribution is 2.08. The van der Waals surface area contributed by atoms with Gasteiger partial charge < -0.3 is 10.1 Å². The van der Waals surface area contributed by atoms with Gasteiger partial charge in [-0.1, -0.05) is 12.2 Å². The summed E-state index contributed by atoms with van der Waals surface area (Å²) in [5.41, 5.74) is 0. The molecule has 0 radical (unpaired) electrons. The van der Waals surface area contributed by atoms with Crippen LogP contribution < -0.4 is 5.32 Å². The van der Waals surface area contributed by atoms with Crippen LogP contribution in [0.4, 0.5) is 0 Å². The lowest BCUT2D eigenvalue weighted by atomic mass is 10.2. The number of nitrogens with one attached hydrogen (secondary N) is 1. The molecule has 0 atom stereocenters. The molecule has 0 aliphatic heterocycles. The van der Waals surface area contributed by atoms with Gasteiger partial charge in [0.25, 0.3) is 0 Å². The molecular weight excluding hydrogens is 150 g/mol. The summed E-state index contributed by atoms with van der Waals surface area (Å²) in [6.45, 7) is 2.03. The minimum atomic E-state index is 0.715. The molecule has 0 amide bonds. The summed E-state index contributed by atoms with van der Waals surface area (Å²) in [5.74, 6) is 0. The van der Waals surface area contributed by atoms with Crippen molar-refractivity contribution in [2.45, 2.75) is 31.7 Å². The van der Waals surface area contributed by atoms with Gasteiger partial charge in [0, 0.05) is 19.8 Å².